The van der Waals surface area contributed by atoms with Crippen LogP contribution in [0.1, 0.15) is 41.4 Å². The van der Waals surface area contributed by atoms with Crippen molar-refractivity contribution >= 4 is 15.7 Å². The molecule has 0 unspecified atom stereocenters. The van der Waals surface area contributed by atoms with Crippen LogP contribution >= 0.6 is 0 Å². The Labute approximate surface area is 200 Å². The van der Waals surface area contributed by atoms with E-state index in [4.69, 9.17) is 4.74 Å². The topological polar surface area (TPSA) is 83.9 Å². The number of ether oxygens (including phenoxy) is 1. The van der Waals surface area contributed by atoms with Gasteiger partial charge in [-0.05, 0) is 43.7 Å². The zero-order valence-electron chi connectivity index (χ0n) is 18.5. The number of aliphatic hydroxyl groups is 1. The van der Waals surface area contributed by atoms with E-state index in [0.29, 0.717) is 17.7 Å². The summed E-state index contributed by atoms with van der Waals surface area (Å²) in [4.78, 5) is 12.6. The first-order valence-corrected chi connectivity index (χ1v) is 11.8. The first-order chi connectivity index (χ1) is 16.3. The fourth-order valence-corrected chi connectivity index (χ4v) is 5.51. The van der Waals surface area contributed by atoms with Crippen LogP contribution in [0.2, 0.25) is 0 Å². The maximum atomic E-state index is 14.2. The van der Waals surface area contributed by atoms with Crippen molar-refractivity contribution in [3.05, 3.63) is 59.2 Å². The van der Waals surface area contributed by atoms with Gasteiger partial charge >= 0.3 is 17.4 Å². The normalized spacial score (nSPS) is 22.2. The smallest absolute Gasteiger partial charge is 0.461 e. The largest absolute Gasteiger partial charge is 0.485 e. The van der Waals surface area contributed by atoms with Crippen molar-refractivity contribution < 1.29 is 53.8 Å². The van der Waals surface area contributed by atoms with E-state index in [1.807, 2.05) is 0 Å². The molecule has 2 aliphatic rings. The van der Waals surface area contributed by atoms with Gasteiger partial charge in [0.1, 0.15) is 17.5 Å². The van der Waals surface area contributed by atoms with Gasteiger partial charge in [-0.2, -0.15) is 30.7 Å². The molecule has 1 amide bonds. The fraction of sp³-hybridized carbons (Fsp3) is 0.409. The Morgan fingerprint density at radius 1 is 1.03 bits per heavy atom. The third-order valence-corrected chi connectivity index (χ3v) is 8.04. The lowest BCUT2D eigenvalue weighted by Crippen LogP contribution is -2.56. The molecule has 2 aromatic carbocycles. The molecule has 14 heteroatoms. The van der Waals surface area contributed by atoms with Crippen LogP contribution in [0.15, 0.2) is 47.4 Å². The molecule has 0 fully saturated rings. The van der Waals surface area contributed by atoms with Crippen LogP contribution in [0.3, 0.4) is 0 Å². The van der Waals surface area contributed by atoms with Crippen LogP contribution < -0.4 is 4.74 Å². The number of alkyl halides is 7. The molecule has 36 heavy (non-hydrogen) atoms. The third-order valence-electron chi connectivity index (χ3n) is 6.24. The minimum atomic E-state index is -6.90. The summed E-state index contributed by atoms with van der Waals surface area (Å²) >= 11 is 0. The molecule has 2 aliphatic heterocycles. The van der Waals surface area contributed by atoms with Gasteiger partial charge in [-0.15, -0.1) is 0 Å². The average Bonchev–Trinajstić information content (AvgIpc) is 3.09. The van der Waals surface area contributed by atoms with Crippen molar-refractivity contribution in [2.24, 2.45) is 0 Å². The maximum Gasteiger partial charge on any atom is 0.461 e. The molecule has 0 saturated carbocycles. The molecule has 6 nitrogen and oxygen atoms in total. The molecular weight excluding hydrogens is 523 g/mol. The molecule has 2 aromatic rings. The summed E-state index contributed by atoms with van der Waals surface area (Å²) in [5.74, 6) is -7.68. The highest BCUT2D eigenvalue weighted by molar-refractivity contribution is 7.92. The Hall–Kier alpha value is -2.87. The van der Waals surface area contributed by atoms with Crippen molar-refractivity contribution in [3.8, 4) is 5.75 Å². The number of hydrogen-bond acceptors (Lipinski definition) is 5. The Bertz CT molecular complexity index is 1340. The number of nitrogens with zero attached hydrogens (tertiary/aromatic N) is 1. The number of rotatable bonds is 4. The molecule has 1 N–H and O–H groups in total. The van der Waals surface area contributed by atoms with Gasteiger partial charge in [0.2, 0.25) is 9.84 Å². The van der Waals surface area contributed by atoms with E-state index in [-0.39, 0.29) is 23.4 Å². The summed E-state index contributed by atoms with van der Waals surface area (Å²) in [5.41, 5.74) is -0.938. The van der Waals surface area contributed by atoms with Crippen molar-refractivity contribution in [2.45, 2.75) is 60.4 Å². The second-order valence-electron chi connectivity index (χ2n) is 8.98. The summed E-state index contributed by atoms with van der Waals surface area (Å²) in [6.07, 6.45) is -8.43. The van der Waals surface area contributed by atoms with Gasteiger partial charge in [0, 0.05) is 17.7 Å². The van der Waals surface area contributed by atoms with Crippen molar-refractivity contribution in [1.82, 2.24) is 4.90 Å². The number of fused-ring (bicyclic) bond motifs is 2. The molecule has 0 spiro atoms. The summed E-state index contributed by atoms with van der Waals surface area (Å²) in [7, 11) is -6.62. The molecule has 0 bridgehead atoms. The summed E-state index contributed by atoms with van der Waals surface area (Å²) in [5, 5.41) is 4.44. The van der Waals surface area contributed by atoms with Gasteiger partial charge in [-0.25, -0.2) is 8.42 Å². The number of benzene rings is 2. The van der Waals surface area contributed by atoms with Gasteiger partial charge in [-0.3, -0.25) is 4.79 Å². The number of amides is 1. The van der Waals surface area contributed by atoms with Gasteiger partial charge in [0.25, 0.3) is 5.91 Å². The van der Waals surface area contributed by atoms with E-state index in [2.05, 4.69) is 0 Å². The van der Waals surface area contributed by atoms with Crippen LogP contribution in [0.5, 0.6) is 5.75 Å². The zero-order chi connectivity index (χ0) is 27.1. The van der Waals surface area contributed by atoms with E-state index < -0.39 is 55.7 Å². The molecule has 0 aliphatic carbocycles. The van der Waals surface area contributed by atoms with E-state index >= 15 is 0 Å². The van der Waals surface area contributed by atoms with Crippen molar-refractivity contribution in [2.75, 3.05) is 0 Å². The van der Waals surface area contributed by atoms with E-state index in [1.54, 1.807) is 18.2 Å². The third kappa shape index (κ3) is 3.56. The molecular formula is C22H18F7NO5S. The predicted molar refractivity (Wildman–Crippen MR) is 109 cm³/mol. The van der Waals surface area contributed by atoms with Gasteiger partial charge < -0.3 is 14.7 Å². The second kappa shape index (κ2) is 7.81. The molecule has 2 atom stereocenters. The first-order valence-electron chi connectivity index (χ1n) is 10.3. The molecule has 0 radical (unpaired) electrons. The molecule has 196 valence electrons. The van der Waals surface area contributed by atoms with E-state index in [0.717, 1.165) is 11.0 Å². The number of carbonyl (C=O) groups is 1. The number of hydrogen-bond donors (Lipinski definition) is 1. The van der Waals surface area contributed by atoms with Crippen LogP contribution in [0.25, 0.3) is 0 Å². The van der Waals surface area contributed by atoms with Gasteiger partial charge in [0.05, 0.1) is 10.9 Å². The molecule has 0 saturated heterocycles. The lowest BCUT2D eigenvalue weighted by molar-refractivity contribution is -0.332. The van der Waals surface area contributed by atoms with E-state index in [9.17, 15) is 49.1 Å². The van der Waals surface area contributed by atoms with E-state index in [1.165, 1.54) is 19.9 Å². The highest BCUT2D eigenvalue weighted by atomic mass is 32.2. The number of sulfone groups is 1. The fourth-order valence-electron chi connectivity index (χ4n) is 4.23. The standard InChI is InChI=1S/C22H18F7NO5S/c1-19(2)17(31)16(30-10-11-5-3-4-6-13(11)18(30)32)14-9-12(7-8-15(14)35-19)36(33,34)22(28,29)20(23,24)21(25,26)27/h3-9,16-17,31H,10H2,1-2H3/t16-,17+/m0/s1. The predicted octanol–water partition coefficient (Wildman–Crippen LogP) is 4.48. The van der Waals surface area contributed by atoms with Crippen LogP contribution in [0.4, 0.5) is 30.7 Å². The molecule has 2 heterocycles. The summed E-state index contributed by atoms with van der Waals surface area (Å²) in [6, 6.07) is 6.55. The van der Waals surface area contributed by atoms with Gasteiger partial charge in [0.15, 0.2) is 0 Å². The van der Waals surface area contributed by atoms with Crippen LogP contribution in [-0.4, -0.2) is 53.4 Å². The van der Waals surface area contributed by atoms with Crippen molar-refractivity contribution in [1.29, 1.82) is 0 Å². The SMILES string of the molecule is CC1(C)Oc2ccc(S(=O)(=O)C(F)(F)C(F)(F)C(F)(F)F)cc2[C@H](N2Cc3ccccc3C2=O)[C@H]1O. The monoisotopic (exact) mass is 541 g/mol. The van der Waals surface area contributed by atoms with Crippen LogP contribution in [0, 0.1) is 0 Å². The van der Waals surface area contributed by atoms with Crippen molar-refractivity contribution in [3.63, 3.8) is 0 Å². The maximum absolute atomic E-state index is 14.2. The van der Waals surface area contributed by atoms with Gasteiger partial charge in [-0.1, -0.05) is 18.2 Å². The zero-order valence-corrected chi connectivity index (χ0v) is 19.3. The Balaban J connectivity index is 1.86. The lowest BCUT2D eigenvalue weighted by atomic mass is 9.85. The molecule has 4 rings (SSSR count). The Morgan fingerprint density at radius 3 is 2.22 bits per heavy atom. The Kier molecular flexibility index (Phi) is 5.69. The van der Waals surface area contributed by atoms with Crippen LogP contribution in [-0.2, 0) is 16.4 Å². The average molecular weight is 541 g/mol. The quantitative estimate of drug-likeness (QED) is 0.578. The second-order valence-corrected chi connectivity index (χ2v) is 11.0. The summed E-state index contributed by atoms with van der Waals surface area (Å²) < 4.78 is 124. The number of halogens is 7. The summed E-state index contributed by atoms with van der Waals surface area (Å²) in [6.45, 7) is 2.79. The minimum Gasteiger partial charge on any atom is -0.485 e. The number of aliphatic hydroxyl groups excluding tert-OH is 1. The highest BCUT2D eigenvalue weighted by Crippen LogP contribution is 2.52. The highest BCUT2D eigenvalue weighted by Gasteiger charge is 2.78. The lowest BCUT2D eigenvalue weighted by Gasteiger charge is -2.45. The minimum absolute atomic E-state index is 0.0778. The molecule has 0 aromatic heterocycles. The Morgan fingerprint density at radius 2 is 1.64 bits per heavy atom. The number of carbonyl (C=O) groups excluding carboxylic acids is 1. The first kappa shape index (κ1) is 26.2.